The number of aromatic hydroxyl groups is 1. The minimum absolute atomic E-state index is 0.0196. The molecule has 0 heterocycles. The van der Waals surface area contributed by atoms with Gasteiger partial charge in [-0.05, 0) is 41.6 Å². The summed E-state index contributed by atoms with van der Waals surface area (Å²) in [5, 5.41) is 15.4. The van der Waals surface area contributed by atoms with E-state index in [0.29, 0.717) is 10.7 Å². The number of nitrogens with zero attached hydrogens (tertiary/aromatic N) is 1. The van der Waals surface area contributed by atoms with Crippen LogP contribution >= 0.6 is 23.2 Å². The summed E-state index contributed by atoms with van der Waals surface area (Å²) in [5.74, 6) is -0.770. The number of carbonyl (C=O) groups is 1. The van der Waals surface area contributed by atoms with E-state index >= 15 is 0 Å². The van der Waals surface area contributed by atoms with Crippen LogP contribution in [0.3, 0.4) is 0 Å². The minimum atomic E-state index is -0.571. The summed E-state index contributed by atoms with van der Waals surface area (Å²) in [6.07, 6.45) is 0. The molecule has 0 spiro atoms. The first-order valence-electron chi connectivity index (χ1n) is 5.44. The second kappa shape index (κ2) is 5.90. The van der Waals surface area contributed by atoms with Crippen molar-refractivity contribution in [3.05, 3.63) is 56.9 Å². The van der Waals surface area contributed by atoms with E-state index in [0.717, 1.165) is 0 Å². The lowest BCUT2D eigenvalue weighted by atomic mass is 10.2. The second-order valence-electron chi connectivity index (χ2n) is 3.87. The molecule has 1 amide bonds. The largest absolute Gasteiger partial charge is 0.507 e. The standard InChI is InChI=1S/C13H8Cl2N2O3/c14-7-1-4-12(18)9(5-7)13(19)16-11-3-2-8(17-20)6-10(11)15/h1-6,18H,(H,16,19). The molecule has 2 rings (SSSR count). The van der Waals surface area contributed by atoms with E-state index in [1.54, 1.807) is 0 Å². The maximum absolute atomic E-state index is 12.0. The predicted octanol–water partition coefficient (Wildman–Crippen LogP) is 4.35. The van der Waals surface area contributed by atoms with Crippen molar-refractivity contribution in [3.63, 3.8) is 0 Å². The van der Waals surface area contributed by atoms with Gasteiger partial charge in [0.1, 0.15) is 11.4 Å². The van der Waals surface area contributed by atoms with Crippen LogP contribution in [0.5, 0.6) is 5.75 Å². The molecule has 0 saturated carbocycles. The zero-order valence-electron chi connectivity index (χ0n) is 9.93. The average molecular weight is 311 g/mol. The van der Waals surface area contributed by atoms with Crippen molar-refractivity contribution in [2.75, 3.05) is 5.32 Å². The van der Waals surface area contributed by atoms with Crippen molar-refractivity contribution in [1.82, 2.24) is 0 Å². The highest BCUT2D eigenvalue weighted by molar-refractivity contribution is 6.34. The first kappa shape index (κ1) is 14.3. The van der Waals surface area contributed by atoms with Gasteiger partial charge < -0.3 is 10.4 Å². The predicted molar refractivity (Wildman–Crippen MR) is 78.0 cm³/mol. The number of carbonyl (C=O) groups excluding carboxylic acids is 1. The number of nitrogens with one attached hydrogen (secondary N) is 1. The number of phenols is 1. The molecule has 102 valence electrons. The first-order valence-corrected chi connectivity index (χ1v) is 6.19. The summed E-state index contributed by atoms with van der Waals surface area (Å²) in [4.78, 5) is 22.4. The van der Waals surface area contributed by atoms with E-state index in [-0.39, 0.29) is 22.0 Å². The third kappa shape index (κ3) is 3.07. The van der Waals surface area contributed by atoms with Crippen LogP contribution < -0.4 is 5.32 Å². The smallest absolute Gasteiger partial charge is 0.259 e. The summed E-state index contributed by atoms with van der Waals surface area (Å²) >= 11 is 11.7. The van der Waals surface area contributed by atoms with Gasteiger partial charge in [-0.25, -0.2) is 0 Å². The van der Waals surface area contributed by atoms with Crippen LogP contribution in [0.4, 0.5) is 11.4 Å². The van der Waals surface area contributed by atoms with Crippen LogP contribution in [0.1, 0.15) is 10.4 Å². The summed E-state index contributed by atoms with van der Waals surface area (Å²) in [7, 11) is 0. The number of hydrogen-bond donors (Lipinski definition) is 2. The number of hydrogen-bond acceptors (Lipinski definition) is 4. The van der Waals surface area contributed by atoms with Gasteiger partial charge in [0.15, 0.2) is 0 Å². The third-order valence-corrected chi connectivity index (χ3v) is 3.06. The van der Waals surface area contributed by atoms with Crippen LogP contribution in [0.15, 0.2) is 41.6 Å². The van der Waals surface area contributed by atoms with Gasteiger partial charge in [-0.15, -0.1) is 4.91 Å². The van der Waals surface area contributed by atoms with Crippen LogP contribution in [-0.4, -0.2) is 11.0 Å². The van der Waals surface area contributed by atoms with Crippen molar-refractivity contribution in [1.29, 1.82) is 0 Å². The molecule has 0 aliphatic rings. The molecule has 20 heavy (non-hydrogen) atoms. The monoisotopic (exact) mass is 310 g/mol. The number of nitroso groups, excluding NO2 is 1. The average Bonchev–Trinajstić information content (AvgIpc) is 2.43. The Morgan fingerprint density at radius 1 is 1.15 bits per heavy atom. The zero-order valence-corrected chi connectivity index (χ0v) is 11.4. The van der Waals surface area contributed by atoms with Gasteiger partial charge in [0.25, 0.3) is 5.91 Å². The van der Waals surface area contributed by atoms with E-state index in [2.05, 4.69) is 10.5 Å². The van der Waals surface area contributed by atoms with Crippen molar-refractivity contribution < 1.29 is 9.90 Å². The van der Waals surface area contributed by atoms with Gasteiger partial charge in [-0.1, -0.05) is 23.2 Å². The van der Waals surface area contributed by atoms with Gasteiger partial charge in [-0.2, -0.15) is 0 Å². The molecule has 0 atom stereocenters. The van der Waals surface area contributed by atoms with Crippen LogP contribution in [0.2, 0.25) is 10.0 Å². The van der Waals surface area contributed by atoms with Crippen LogP contribution in [0, 0.1) is 4.91 Å². The van der Waals surface area contributed by atoms with Gasteiger partial charge in [0, 0.05) is 5.02 Å². The van der Waals surface area contributed by atoms with Gasteiger partial charge in [-0.3, -0.25) is 4.79 Å². The highest BCUT2D eigenvalue weighted by Gasteiger charge is 2.13. The summed E-state index contributed by atoms with van der Waals surface area (Å²) in [6.45, 7) is 0. The molecule has 0 unspecified atom stereocenters. The molecular formula is C13H8Cl2N2O3. The molecule has 0 saturated heterocycles. The van der Waals surface area contributed by atoms with Gasteiger partial charge in [0.05, 0.1) is 16.3 Å². The van der Waals surface area contributed by atoms with E-state index in [1.807, 2.05) is 0 Å². The number of rotatable bonds is 3. The van der Waals surface area contributed by atoms with Gasteiger partial charge in [0.2, 0.25) is 0 Å². The van der Waals surface area contributed by atoms with Crippen LogP contribution in [-0.2, 0) is 0 Å². The molecule has 2 aromatic carbocycles. The Labute approximate surface area is 124 Å². The zero-order chi connectivity index (χ0) is 14.7. The van der Waals surface area contributed by atoms with Crippen molar-refractivity contribution in [3.8, 4) is 5.75 Å². The third-order valence-electron chi connectivity index (χ3n) is 2.51. The quantitative estimate of drug-likeness (QED) is 0.827. The van der Waals surface area contributed by atoms with E-state index < -0.39 is 5.91 Å². The molecule has 2 aromatic rings. The van der Waals surface area contributed by atoms with Gasteiger partial charge >= 0.3 is 0 Å². The Balaban J connectivity index is 2.28. The molecule has 0 aliphatic heterocycles. The van der Waals surface area contributed by atoms with Crippen LogP contribution in [0.25, 0.3) is 0 Å². The molecule has 0 bridgehead atoms. The molecule has 2 N–H and O–H groups in total. The topological polar surface area (TPSA) is 78.8 Å². The number of amides is 1. The molecule has 7 heteroatoms. The Kier molecular flexibility index (Phi) is 4.22. The van der Waals surface area contributed by atoms with E-state index in [1.165, 1.54) is 36.4 Å². The number of anilines is 1. The fourth-order valence-corrected chi connectivity index (χ4v) is 1.94. The maximum Gasteiger partial charge on any atom is 0.259 e. The van der Waals surface area contributed by atoms with E-state index in [4.69, 9.17) is 23.2 Å². The summed E-state index contributed by atoms with van der Waals surface area (Å²) in [5.41, 5.74) is 0.466. The lowest BCUT2D eigenvalue weighted by molar-refractivity contribution is 0.102. The Morgan fingerprint density at radius 3 is 2.55 bits per heavy atom. The SMILES string of the molecule is O=Nc1ccc(NC(=O)c2cc(Cl)ccc2O)c(Cl)c1. The molecular weight excluding hydrogens is 303 g/mol. The summed E-state index contributed by atoms with van der Waals surface area (Å²) in [6, 6.07) is 8.29. The summed E-state index contributed by atoms with van der Waals surface area (Å²) < 4.78 is 0. The lowest BCUT2D eigenvalue weighted by Crippen LogP contribution is -2.12. The van der Waals surface area contributed by atoms with E-state index in [9.17, 15) is 14.8 Å². The highest BCUT2D eigenvalue weighted by atomic mass is 35.5. The molecule has 0 aromatic heterocycles. The Bertz CT molecular complexity index is 689. The Hall–Kier alpha value is -2.11. The number of benzene rings is 2. The number of halogens is 2. The lowest BCUT2D eigenvalue weighted by Gasteiger charge is -2.09. The first-order chi connectivity index (χ1) is 9.51. The van der Waals surface area contributed by atoms with Crippen molar-refractivity contribution >= 4 is 40.5 Å². The second-order valence-corrected chi connectivity index (χ2v) is 4.71. The maximum atomic E-state index is 12.0. The fourth-order valence-electron chi connectivity index (χ4n) is 1.54. The fraction of sp³-hybridized carbons (Fsp3) is 0. The number of phenolic OH excluding ortho intramolecular Hbond substituents is 1. The molecule has 0 radical (unpaired) electrons. The Morgan fingerprint density at radius 2 is 1.90 bits per heavy atom. The molecule has 0 fully saturated rings. The van der Waals surface area contributed by atoms with Crippen molar-refractivity contribution in [2.45, 2.75) is 0 Å². The van der Waals surface area contributed by atoms with Crippen molar-refractivity contribution in [2.24, 2.45) is 5.18 Å². The minimum Gasteiger partial charge on any atom is -0.507 e. The molecule has 5 nitrogen and oxygen atoms in total. The highest BCUT2D eigenvalue weighted by Crippen LogP contribution is 2.28. The molecule has 0 aliphatic carbocycles. The normalized spacial score (nSPS) is 10.1.